The van der Waals surface area contributed by atoms with E-state index in [-0.39, 0.29) is 38.8 Å². The fourth-order valence-electron chi connectivity index (χ4n) is 15.6. The zero-order chi connectivity index (χ0) is 88.0. The van der Waals surface area contributed by atoms with E-state index in [2.05, 4.69) is 252 Å². The number of nitrogens with zero attached hydrogens (tertiary/aromatic N) is 6. The Morgan fingerprint density at radius 1 is 0.287 bits per heavy atom. The first-order valence-corrected chi connectivity index (χ1v) is 37.1. The van der Waals surface area contributed by atoms with Gasteiger partial charge in [-0.05, 0) is 178 Å². The molecule has 0 saturated carbocycles. The molecular formula is C101H93BN6. The Labute approximate surface area is 659 Å². The van der Waals surface area contributed by atoms with Gasteiger partial charge in [0.1, 0.15) is 0 Å². The van der Waals surface area contributed by atoms with Gasteiger partial charge in [-0.2, -0.15) is 0 Å². The lowest BCUT2D eigenvalue weighted by molar-refractivity contribution is 0.590. The summed E-state index contributed by atoms with van der Waals surface area (Å²) in [4.78, 5) is 20.1. The number of benzene rings is 13. The molecule has 2 aromatic heterocycles. The van der Waals surface area contributed by atoms with Crippen LogP contribution in [0.2, 0.25) is 0 Å². The lowest BCUT2D eigenvalue weighted by Crippen LogP contribution is -2.61. The third-order valence-corrected chi connectivity index (χ3v) is 21.4. The van der Waals surface area contributed by atoms with Crippen molar-refractivity contribution >= 4 is 79.0 Å². The number of rotatable bonds is 10. The lowest BCUT2D eigenvalue weighted by atomic mass is 9.33. The van der Waals surface area contributed by atoms with Crippen molar-refractivity contribution in [1.29, 1.82) is 0 Å². The van der Waals surface area contributed by atoms with Crippen molar-refractivity contribution in [2.45, 2.75) is 131 Å². The normalized spacial score (nSPS) is 15.0. The molecule has 0 spiro atoms. The summed E-state index contributed by atoms with van der Waals surface area (Å²) in [7, 11) is 0. The maximum Gasteiger partial charge on any atom is 0.252 e. The van der Waals surface area contributed by atoms with Crippen LogP contribution in [0.15, 0.2) is 291 Å². The van der Waals surface area contributed by atoms with Gasteiger partial charge in [0.05, 0.1) is 43.0 Å². The quantitative estimate of drug-likeness (QED) is 0.128. The lowest BCUT2D eigenvalue weighted by Gasteiger charge is -2.46. The van der Waals surface area contributed by atoms with Crippen molar-refractivity contribution in [3.05, 3.63) is 319 Å². The molecule has 0 amide bonds. The summed E-state index contributed by atoms with van der Waals surface area (Å²) in [6, 6.07) is 61.2. The van der Waals surface area contributed by atoms with Gasteiger partial charge in [0.25, 0.3) is 6.71 Å². The van der Waals surface area contributed by atoms with Crippen LogP contribution in [-0.4, -0.2) is 26.2 Å². The first-order chi connectivity index (χ1) is 57.9. The van der Waals surface area contributed by atoms with Crippen LogP contribution in [0.5, 0.6) is 0 Å². The van der Waals surface area contributed by atoms with Crippen molar-refractivity contribution in [1.82, 2.24) is 19.5 Å². The average molecular weight is 1420 g/mol. The molecule has 2 aliphatic heterocycles. The zero-order valence-electron chi connectivity index (χ0n) is 78.8. The van der Waals surface area contributed by atoms with E-state index in [1.807, 2.05) is 66.7 Å². The van der Waals surface area contributed by atoms with Crippen molar-refractivity contribution in [2.75, 3.05) is 9.80 Å². The van der Waals surface area contributed by atoms with E-state index in [0.29, 0.717) is 28.2 Å². The van der Waals surface area contributed by atoms with Crippen molar-refractivity contribution in [3.8, 4) is 84.4 Å². The highest BCUT2D eigenvalue weighted by Crippen LogP contribution is 2.56. The molecule has 0 N–H and O–H groups in total. The van der Waals surface area contributed by atoms with Crippen LogP contribution in [0, 0.1) is 0 Å². The summed E-state index contributed by atoms with van der Waals surface area (Å²) >= 11 is 0. The molecular weight excluding hydrogens is 1310 g/mol. The van der Waals surface area contributed by atoms with Crippen LogP contribution in [0.1, 0.15) is 152 Å². The van der Waals surface area contributed by atoms with Crippen molar-refractivity contribution in [2.24, 2.45) is 0 Å². The number of aromatic nitrogens is 4. The van der Waals surface area contributed by atoms with E-state index in [1.54, 1.807) is 0 Å². The van der Waals surface area contributed by atoms with E-state index in [9.17, 15) is 11.0 Å². The fourth-order valence-corrected chi connectivity index (χ4v) is 15.6. The molecule has 17 rings (SSSR count). The topological polar surface area (TPSA) is 50.1 Å². The third kappa shape index (κ3) is 12.3. The molecule has 0 aliphatic carbocycles. The van der Waals surface area contributed by atoms with Crippen LogP contribution >= 0.6 is 0 Å². The molecule has 0 fully saturated rings. The molecule has 6 nitrogen and oxygen atoms in total. The largest absolute Gasteiger partial charge is 0.310 e. The molecule has 0 radical (unpaired) electrons. The summed E-state index contributed by atoms with van der Waals surface area (Å²) in [6.07, 6.45) is 0. The maximum absolute atomic E-state index is 9.77. The van der Waals surface area contributed by atoms with Gasteiger partial charge >= 0.3 is 0 Å². The van der Waals surface area contributed by atoms with Crippen molar-refractivity contribution < 1.29 is 20.6 Å². The van der Waals surface area contributed by atoms with Gasteiger partial charge in [-0.1, -0.05) is 316 Å². The van der Waals surface area contributed by atoms with E-state index in [1.165, 1.54) is 11.1 Å². The van der Waals surface area contributed by atoms with Gasteiger partial charge in [0.2, 0.25) is 0 Å². The number of fused-ring (bicyclic) bond motifs is 7. The van der Waals surface area contributed by atoms with Gasteiger partial charge in [0, 0.05) is 72.6 Å². The van der Waals surface area contributed by atoms with E-state index >= 15 is 0 Å². The molecule has 0 saturated heterocycles. The van der Waals surface area contributed by atoms with Crippen molar-refractivity contribution in [3.63, 3.8) is 0 Å². The minimum atomic E-state index is -0.706. The SMILES string of the molecule is [2H]c1c([2H])c([2H])c(-c2ccc3c(c2)N(c2c(-c4ccccc4)cc(C(C)(C)C)cc2-c2nc(-c4c([2H])c([2H])c([2H])c([2H])c4[2H])nc(-c4c([2H])c([2H])c([2H])c([2H])c4[2H])n2)c2cc(C(C)(C)C)cc4c2B3c2ccc(-n3c5ccc(C(C)(C)C)cc5c5cc(C(C)(C)C)ccc53)cc2N4c2c(-c3ccccc3)cc(C(C)(C)C)cc2-c2ccccc2)c([2H])c1[2H]. The van der Waals surface area contributed by atoms with Gasteiger partial charge in [0.15, 0.2) is 17.5 Å². The monoisotopic (exact) mass is 1420 g/mol. The molecule has 15 aromatic rings. The van der Waals surface area contributed by atoms with Crippen LogP contribution in [0.25, 0.3) is 106 Å². The molecule has 0 atom stereocenters. The Balaban J connectivity index is 1.10. The predicted molar refractivity (Wildman–Crippen MR) is 460 cm³/mol. The third-order valence-electron chi connectivity index (χ3n) is 21.4. The predicted octanol–water partition coefficient (Wildman–Crippen LogP) is 25.2. The minimum Gasteiger partial charge on any atom is -0.310 e. The standard InChI is InChI=1S/C101H93BN6/c1-97(2,3)71-47-52-85-80(55-71)81-56-72(98(4,5)6)48-53-86(81)106(85)76-49-51-84-88(63-76)108(92-77(65-36-24-17-25-37-65)57-73(99(7,8)9)58-78(92)66-38-26-18-27-39-66)90-62-75(101(13,14)15)61-89-91(90)102(84)83-50-46-70(64-34-22-16-23-35-64)54-87(83)107(89)93-79(67-40-28-19-29-41-67)59-74(100(10,11)12)60-82(93)96-104-94(68-42-30-20-31-43-68)103-95(105-96)69-44-32-21-33-45-69/h16-63H,1-15H3/i16D,20D,21D,22D,23D,30D,31D,32D,33D,34D,35D,42D,43D,44D,45D. The van der Waals surface area contributed by atoms with Crippen LogP contribution in [0.3, 0.4) is 0 Å². The first-order valence-electron chi connectivity index (χ1n) is 44.6. The molecule has 2 aliphatic rings. The molecule has 13 aromatic carbocycles. The Morgan fingerprint density at radius 3 is 1.06 bits per heavy atom. The minimum absolute atomic E-state index is 0.0508. The molecule has 530 valence electrons. The number of hydrogen-bond acceptors (Lipinski definition) is 5. The van der Waals surface area contributed by atoms with Crippen LogP contribution in [-0.2, 0) is 27.1 Å². The van der Waals surface area contributed by atoms with Gasteiger partial charge in [-0.15, -0.1) is 0 Å². The van der Waals surface area contributed by atoms with Crippen LogP contribution in [0.4, 0.5) is 34.1 Å². The van der Waals surface area contributed by atoms with Gasteiger partial charge < -0.3 is 14.4 Å². The molecule has 0 unspecified atom stereocenters. The van der Waals surface area contributed by atoms with Crippen LogP contribution < -0.4 is 26.2 Å². The highest BCUT2D eigenvalue weighted by Gasteiger charge is 2.47. The summed E-state index contributed by atoms with van der Waals surface area (Å²) in [5.41, 5.74) is 17.3. The van der Waals surface area contributed by atoms with Gasteiger partial charge in [-0.25, -0.2) is 15.0 Å². The van der Waals surface area contributed by atoms with Gasteiger partial charge in [-0.3, -0.25) is 0 Å². The molecule has 108 heavy (non-hydrogen) atoms. The summed E-state index contributed by atoms with van der Waals surface area (Å²) in [6.45, 7) is 32.3. The summed E-state index contributed by atoms with van der Waals surface area (Å²) < 4.78 is 142. The van der Waals surface area contributed by atoms with E-state index in [4.69, 9.17) is 24.5 Å². The highest BCUT2D eigenvalue weighted by molar-refractivity contribution is 7.00. The van der Waals surface area contributed by atoms with E-state index in [0.717, 1.165) is 99.9 Å². The second-order valence-electron chi connectivity index (χ2n) is 33.8. The zero-order valence-corrected chi connectivity index (χ0v) is 63.8. The van der Waals surface area contributed by atoms with E-state index < -0.39 is 131 Å². The summed E-state index contributed by atoms with van der Waals surface area (Å²) in [5.74, 6) is -1.11. The fraction of sp³-hybridized carbons (Fsp3) is 0.198. The second kappa shape index (κ2) is 26.1. The maximum atomic E-state index is 9.77. The Morgan fingerprint density at radius 2 is 0.648 bits per heavy atom. The number of anilines is 6. The Bertz CT molecular complexity index is 6670. The first kappa shape index (κ1) is 54.0. The smallest absolute Gasteiger partial charge is 0.252 e. The second-order valence-corrected chi connectivity index (χ2v) is 33.8. The molecule has 0 bridgehead atoms. The molecule has 4 heterocycles. The Kier molecular flexibility index (Phi) is 13.0. The average Bonchev–Trinajstić information content (AvgIpc) is 0.862. The Hall–Kier alpha value is -11.7. The number of hydrogen-bond donors (Lipinski definition) is 0. The summed E-state index contributed by atoms with van der Waals surface area (Å²) in [5, 5.41) is 2.24. The highest BCUT2D eigenvalue weighted by atomic mass is 15.2. The molecule has 7 heteroatoms.